The molecular weight excluding hydrogens is 921 g/mol. The molecule has 0 aliphatic heterocycles. The first kappa shape index (κ1) is 44.5. The number of nitrogens with zero attached hydrogens (tertiary/aromatic N) is 4. The summed E-state index contributed by atoms with van der Waals surface area (Å²) >= 11 is 0. The smallest absolute Gasteiger partial charge is 0.0541 e. The van der Waals surface area contributed by atoms with Crippen LogP contribution in [-0.2, 0) is 0 Å². The van der Waals surface area contributed by atoms with E-state index < -0.39 is 0 Å². The zero-order valence-corrected chi connectivity index (χ0v) is 41.7. The van der Waals surface area contributed by atoms with E-state index in [1.165, 1.54) is 71.4 Å². The van der Waals surface area contributed by atoms with E-state index in [0.717, 1.165) is 51.1 Å². The SMILES string of the molecule is c1ccc(N(c2ccccc2)c2ccc(-c3ccc4c(c3)c3cc(-c5ccc6c(c5)c5cc(-c7cccc(N(c8ccccc8)c8ccccc8)c7)ccc5n6-c5ccccc5)ccc3n4-c3ccccc3)cc2)cc1. The van der Waals surface area contributed by atoms with Crippen LogP contribution in [0.15, 0.2) is 303 Å². The molecule has 0 spiro atoms. The Bertz CT molecular complexity index is 4280. The minimum absolute atomic E-state index is 1.10. The Morgan fingerprint density at radius 1 is 0.184 bits per heavy atom. The van der Waals surface area contributed by atoms with E-state index in [-0.39, 0.29) is 0 Å². The summed E-state index contributed by atoms with van der Waals surface area (Å²) in [4.78, 5) is 4.64. The predicted molar refractivity (Wildman–Crippen MR) is 321 cm³/mol. The van der Waals surface area contributed by atoms with Crippen molar-refractivity contribution in [1.29, 1.82) is 0 Å². The third-order valence-corrected chi connectivity index (χ3v) is 14.8. The van der Waals surface area contributed by atoms with Crippen LogP contribution in [0.25, 0.3) is 88.4 Å². The molecule has 76 heavy (non-hydrogen) atoms. The molecular formula is C72H50N4. The lowest BCUT2D eigenvalue weighted by atomic mass is 9.98. The van der Waals surface area contributed by atoms with Gasteiger partial charge in [-0.25, -0.2) is 0 Å². The second-order valence-electron chi connectivity index (χ2n) is 19.4. The third kappa shape index (κ3) is 7.97. The normalized spacial score (nSPS) is 11.4. The minimum Gasteiger partial charge on any atom is -0.311 e. The highest BCUT2D eigenvalue weighted by Crippen LogP contribution is 2.43. The number of benzene rings is 12. The highest BCUT2D eigenvalue weighted by molar-refractivity contribution is 6.14. The van der Waals surface area contributed by atoms with Crippen LogP contribution in [0, 0.1) is 0 Å². The van der Waals surface area contributed by atoms with E-state index >= 15 is 0 Å². The van der Waals surface area contributed by atoms with Gasteiger partial charge in [0.25, 0.3) is 0 Å². The van der Waals surface area contributed by atoms with Crippen LogP contribution in [0.4, 0.5) is 34.1 Å². The maximum Gasteiger partial charge on any atom is 0.0541 e. The molecule has 4 heteroatoms. The summed E-state index contributed by atoms with van der Waals surface area (Å²) in [5.74, 6) is 0. The number of fused-ring (bicyclic) bond motifs is 6. The highest BCUT2D eigenvalue weighted by atomic mass is 15.1. The van der Waals surface area contributed by atoms with Gasteiger partial charge in [0.2, 0.25) is 0 Å². The van der Waals surface area contributed by atoms with Gasteiger partial charge in [-0.3, -0.25) is 0 Å². The van der Waals surface area contributed by atoms with Gasteiger partial charge in [0, 0.05) is 67.0 Å². The van der Waals surface area contributed by atoms with Crippen molar-refractivity contribution in [2.75, 3.05) is 9.80 Å². The number of aromatic nitrogens is 2. The van der Waals surface area contributed by atoms with E-state index in [4.69, 9.17) is 0 Å². The molecule has 0 saturated heterocycles. The zero-order chi connectivity index (χ0) is 50.4. The molecule has 358 valence electrons. The van der Waals surface area contributed by atoms with Gasteiger partial charge in [0.15, 0.2) is 0 Å². The largest absolute Gasteiger partial charge is 0.311 e. The molecule has 0 aliphatic rings. The van der Waals surface area contributed by atoms with Crippen molar-refractivity contribution in [1.82, 2.24) is 9.13 Å². The molecule has 14 rings (SSSR count). The standard InChI is InChI=1S/C72H50N4/c1-7-21-57(22-8-1)73(58-23-9-2-10-24-58)63-40-34-51(35-41-63)53-36-42-69-65(47-53)67-49-55(38-44-71(67)75(69)61-29-15-5-16-30-61)56-39-45-72-68(50-56)66-48-54(37-43-70(66)76(72)62-31-17-6-18-32-62)52-20-19-33-64(46-52)74(59-25-11-3-12-26-59)60-27-13-4-14-28-60/h1-50H. The fourth-order valence-electron chi connectivity index (χ4n) is 11.3. The summed E-state index contributed by atoms with van der Waals surface area (Å²) in [6.07, 6.45) is 0. The van der Waals surface area contributed by atoms with Crippen molar-refractivity contribution in [3.63, 3.8) is 0 Å². The number of para-hydroxylation sites is 6. The Morgan fingerprint density at radius 3 is 0.803 bits per heavy atom. The monoisotopic (exact) mass is 970 g/mol. The Labute approximate surface area is 442 Å². The molecule has 12 aromatic carbocycles. The van der Waals surface area contributed by atoms with Crippen LogP contribution in [0.1, 0.15) is 0 Å². The molecule has 0 N–H and O–H groups in total. The lowest BCUT2D eigenvalue weighted by molar-refractivity contribution is 1.18. The fourth-order valence-corrected chi connectivity index (χ4v) is 11.3. The second kappa shape index (κ2) is 19.0. The maximum absolute atomic E-state index is 2.41. The topological polar surface area (TPSA) is 16.3 Å². The van der Waals surface area contributed by atoms with Crippen LogP contribution < -0.4 is 9.80 Å². The van der Waals surface area contributed by atoms with Gasteiger partial charge >= 0.3 is 0 Å². The average molecular weight is 971 g/mol. The van der Waals surface area contributed by atoms with Crippen molar-refractivity contribution < 1.29 is 0 Å². The first-order valence-corrected chi connectivity index (χ1v) is 26.0. The van der Waals surface area contributed by atoms with Crippen LogP contribution in [0.2, 0.25) is 0 Å². The molecule has 0 radical (unpaired) electrons. The van der Waals surface area contributed by atoms with Gasteiger partial charge in [-0.2, -0.15) is 0 Å². The average Bonchev–Trinajstić information content (AvgIpc) is 4.12. The summed E-state index contributed by atoms with van der Waals surface area (Å²) in [5.41, 5.74) is 20.6. The number of hydrogen-bond donors (Lipinski definition) is 0. The maximum atomic E-state index is 2.41. The van der Waals surface area contributed by atoms with Gasteiger partial charge in [0.05, 0.1) is 22.1 Å². The Morgan fingerprint density at radius 2 is 0.447 bits per heavy atom. The fraction of sp³-hybridized carbons (Fsp3) is 0. The number of anilines is 6. The minimum atomic E-state index is 1.10. The van der Waals surface area contributed by atoms with Crippen molar-refractivity contribution >= 4 is 77.7 Å². The van der Waals surface area contributed by atoms with Crippen LogP contribution >= 0.6 is 0 Å². The molecule has 0 atom stereocenters. The first-order chi connectivity index (χ1) is 37.7. The van der Waals surface area contributed by atoms with Gasteiger partial charge in [-0.15, -0.1) is 0 Å². The van der Waals surface area contributed by atoms with Crippen molar-refractivity contribution in [3.05, 3.63) is 303 Å². The van der Waals surface area contributed by atoms with Crippen molar-refractivity contribution in [2.24, 2.45) is 0 Å². The Hall–Kier alpha value is -10.2. The summed E-state index contributed by atoms with van der Waals surface area (Å²) in [5, 5.41) is 4.84. The van der Waals surface area contributed by atoms with E-state index in [1.807, 2.05) is 0 Å². The molecule has 0 saturated carbocycles. The molecule has 14 aromatic rings. The van der Waals surface area contributed by atoms with Crippen LogP contribution in [0.3, 0.4) is 0 Å². The molecule has 0 aliphatic carbocycles. The molecule has 2 heterocycles. The Kier molecular flexibility index (Phi) is 11.2. The summed E-state index contributed by atoms with van der Waals surface area (Å²) < 4.78 is 4.82. The van der Waals surface area contributed by atoms with Crippen LogP contribution in [0.5, 0.6) is 0 Å². The lowest BCUT2D eigenvalue weighted by Crippen LogP contribution is -2.09. The number of rotatable bonds is 11. The molecule has 0 bridgehead atoms. The van der Waals surface area contributed by atoms with E-state index in [2.05, 4.69) is 322 Å². The zero-order valence-electron chi connectivity index (χ0n) is 41.7. The van der Waals surface area contributed by atoms with Crippen molar-refractivity contribution in [2.45, 2.75) is 0 Å². The number of hydrogen-bond acceptors (Lipinski definition) is 2. The van der Waals surface area contributed by atoms with E-state index in [1.54, 1.807) is 0 Å². The van der Waals surface area contributed by atoms with Gasteiger partial charge < -0.3 is 18.9 Å². The molecule has 0 unspecified atom stereocenters. The molecule has 4 nitrogen and oxygen atoms in total. The summed E-state index contributed by atoms with van der Waals surface area (Å²) in [7, 11) is 0. The Balaban J connectivity index is 0.892. The quantitative estimate of drug-likeness (QED) is 0.128. The second-order valence-corrected chi connectivity index (χ2v) is 19.4. The summed E-state index contributed by atoms with van der Waals surface area (Å²) in [6.45, 7) is 0. The third-order valence-electron chi connectivity index (χ3n) is 14.8. The first-order valence-electron chi connectivity index (χ1n) is 26.0. The van der Waals surface area contributed by atoms with Gasteiger partial charge in [-0.05, 0) is 179 Å². The van der Waals surface area contributed by atoms with Gasteiger partial charge in [0.1, 0.15) is 0 Å². The highest BCUT2D eigenvalue weighted by Gasteiger charge is 2.20. The lowest BCUT2D eigenvalue weighted by Gasteiger charge is -2.26. The summed E-state index contributed by atoms with van der Waals surface area (Å²) in [6, 6.07) is 110. The van der Waals surface area contributed by atoms with E-state index in [9.17, 15) is 0 Å². The molecule has 0 amide bonds. The van der Waals surface area contributed by atoms with E-state index in [0.29, 0.717) is 0 Å². The molecule has 2 aromatic heterocycles. The van der Waals surface area contributed by atoms with Crippen LogP contribution in [-0.4, -0.2) is 9.13 Å². The van der Waals surface area contributed by atoms with Crippen molar-refractivity contribution in [3.8, 4) is 44.8 Å². The predicted octanol–water partition coefficient (Wildman–Crippen LogP) is 19.8. The van der Waals surface area contributed by atoms with Gasteiger partial charge in [-0.1, -0.05) is 158 Å². The molecule has 0 fully saturated rings.